The molecule has 1 saturated carbocycles. The topological polar surface area (TPSA) is 65.5 Å². The molecule has 1 aliphatic carbocycles. The van der Waals surface area contributed by atoms with Crippen LogP contribution in [0.15, 0.2) is 24.4 Å². The van der Waals surface area contributed by atoms with Gasteiger partial charge in [-0.15, -0.1) is 0 Å². The lowest BCUT2D eigenvalue weighted by atomic mass is 9.96. The van der Waals surface area contributed by atoms with Crippen molar-refractivity contribution >= 4 is 5.95 Å². The van der Waals surface area contributed by atoms with Crippen LogP contribution in [0.25, 0.3) is 11.3 Å². The standard InChI is InChI=1S/C19H25N3O3/c1-23-16-11-13(12-17(24-2)18(16)25-3)15-9-10-20-19(22-15)21-14-7-5-4-6-8-14/h9-12,14H,4-8H2,1-3H3,(H,20,21,22). The van der Waals surface area contributed by atoms with Crippen molar-refractivity contribution in [3.8, 4) is 28.5 Å². The minimum Gasteiger partial charge on any atom is -0.493 e. The van der Waals surface area contributed by atoms with Crippen LogP contribution in [0, 0.1) is 0 Å². The molecule has 0 unspecified atom stereocenters. The zero-order chi connectivity index (χ0) is 17.6. The second kappa shape index (κ2) is 8.05. The molecule has 1 fully saturated rings. The Kier molecular flexibility index (Phi) is 5.58. The zero-order valence-electron chi connectivity index (χ0n) is 15.0. The third-order valence-corrected chi connectivity index (χ3v) is 4.55. The van der Waals surface area contributed by atoms with Crippen LogP contribution in [0.2, 0.25) is 0 Å². The van der Waals surface area contributed by atoms with E-state index >= 15 is 0 Å². The number of methoxy groups -OCH3 is 3. The van der Waals surface area contributed by atoms with Crippen LogP contribution >= 0.6 is 0 Å². The number of rotatable bonds is 6. The molecular weight excluding hydrogens is 318 g/mol. The summed E-state index contributed by atoms with van der Waals surface area (Å²) in [6.07, 6.45) is 7.99. The van der Waals surface area contributed by atoms with Crippen molar-refractivity contribution in [1.29, 1.82) is 0 Å². The van der Waals surface area contributed by atoms with Crippen LogP contribution in [0.5, 0.6) is 17.2 Å². The van der Waals surface area contributed by atoms with Gasteiger partial charge in [0, 0.05) is 17.8 Å². The van der Waals surface area contributed by atoms with E-state index in [0.717, 1.165) is 11.3 Å². The molecule has 0 bridgehead atoms. The van der Waals surface area contributed by atoms with Gasteiger partial charge in [0.15, 0.2) is 11.5 Å². The molecule has 2 aromatic rings. The Labute approximate surface area is 148 Å². The number of hydrogen-bond donors (Lipinski definition) is 1. The van der Waals surface area contributed by atoms with Gasteiger partial charge in [-0.25, -0.2) is 9.97 Å². The minimum atomic E-state index is 0.462. The molecule has 1 aromatic carbocycles. The quantitative estimate of drug-likeness (QED) is 0.858. The van der Waals surface area contributed by atoms with E-state index < -0.39 is 0 Å². The molecule has 0 spiro atoms. The number of aromatic nitrogens is 2. The van der Waals surface area contributed by atoms with E-state index in [9.17, 15) is 0 Å². The van der Waals surface area contributed by atoms with Crippen molar-refractivity contribution < 1.29 is 14.2 Å². The Bertz CT molecular complexity index is 690. The van der Waals surface area contributed by atoms with Gasteiger partial charge in [-0.3, -0.25) is 0 Å². The van der Waals surface area contributed by atoms with Crippen molar-refractivity contribution in [3.05, 3.63) is 24.4 Å². The molecule has 0 saturated heterocycles. The smallest absolute Gasteiger partial charge is 0.223 e. The number of anilines is 1. The van der Waals surface area contributed by atoms with Gasteiger partial charge in [0.05, 0.1) is 27.0 Å². The molecule has 1 aromatic heterocycles. The van der Waals surface area contributed by atoms with Crippen molar-refractivity contribution in [2.24, 2.45) is 0 Å². The summed E-state index contributed by atoms with van der Waals surface area (Å²) in [5.41, 5.74) is 1.70. The van der Waals surface area contributed by atoms with Crippen molar-refractivity contribution in [2.45, 2.75) is 38.1 Å². The zero-order valence-corrected chi connectivity index (χ0v) is 15.0. The van der Waals surface area contributed by atoms with E-state index in [-0.39, 0.29) is 0 Å². The first-order valence-corrected chi connectivity index (χ1v) is 8.65. The maximum atomic E-state index is 5.43. The third kappa shape index (κ3) is 3.95. The predicted molar refractivity (Wildman–Crippen MR) is 97.6 cm³/mol. The number of ether oxygens (including phenoxy) is 3. The van der Waals surface area contributed by atoms with E-state index in [1.54, 1.807) is 27.5 Å². The number of nitrogens with one attached hydrogen (secondary N) is 1. The highest BCUT2D eigenvalue weighted by Gasteiger charge is 2.17. The van der Waals surface area contributed by atoms with Gasteiger partial charge in [-0.2, -0.15) is 0 Å². The third-order valence-electron chi connectivity index (χ3n) is 4.55. The van der Waals surface area contributed by atoms with Crippen LogP contribution in [-0.4, -0.2) is 37.3 Å². The van der Waals surface area contributed by atoms with Crippen molar-refractivity contribution in [2.75, 3.05) is 26.6 Å². The summed E-state index contributed by atoms with van der Waals surface area (Å²) in [7, 11) is 4.81. The summed E-state index contributed by atoms with van der Waals surface area (Å²) in [5, 5.41) is 3.46. The van der Waals surface area contributed by atoms with Gasteiger partial charge in [0.1, 0.15) is 0 Å². The predicted octanol–water partition coefficient (Wildman–Crippen LogP) is 3.91. The highest BCUT2D eigenvalue weighted by atomic mass is 16.5. The Morgan fingerprint density at radius 2 is 1.64 bits per heavy atom. The first-order chi connectivity index (χ1) is 12.2. The van der Waals surface area contributed by atoms with Gasteiger partial charge in [-0.1, -0.05) is 19.3 Å². The lowest BCUT2D eigenvalue weighted by molar-refractivity contribution is 0.324. The van der Waals surface area contributed by atoms with Crippen LogP contribution in [0.3, 0.4) is 0 Å². The summed E-state index contributed by atoms with van der Waals surface area (Å²) in [5.74, 6) is 2.45. The van der Waals surface area contributed by atoms with Gasteiger partial charge in [0.2, 0.25) is 11.7 Å². The molecule has 25 heavy (non-hydrogen) atoms. The molecular formula is C19H25N3O3. The Morgan fingerprint density at radius 1 is 0.960 bits per heavy atom. The molecule has 3 rings (SSSR count). The maximum Gasteiger partial charge on any atom is 0.223 e. The number of benzene rings is 1. The normalized spacial score (nSPS) is 14.8. The minimum absolute atomic E-state index is 0.462. The first-order valence-electron chi connectivity index (χ1n) is 8.65. The van der Waals surface area contributed by atoms with E-state index in [0.29, 0.717) is 29.2 Å². The van der Waals surface area contributed by atoms with Gasteiger partial charge in [-0.05, 0) is 31.0 Å². The SMILES string of the molecule is COc1cc(-c2ccnc(NC3CCCCC3)n2)cc(OC)c1OC. The summed E-state index contributed by atoms with van der Waals surface area (Å²) in [6.45, 7) is 0. The first kappa shape index (κ1) is 17.3. The molecule has 0 radical (unpaired) electrons. The van der Waals surface area contributed by atoms with Crippen molar-refractivity contribution in [3.63, 3.8) is 0 Å². The van der Waals surface area contributed by atoms with E-state index in [1.165, 1.54) is 32.1 Å². The molecule has 6 heteroatoms. The van der Waals surface area contributed by atoms with E-state index in [4.69, 9.17) is 14.2 Å². The number of nitrogens with zero attached hydrogens (tertiary/aromatic N) is 2. The number of hydrogen-bond acceptors (Lipinski definition) is 6. The van der Waals surface area contributed by atoms with Gasteiger partial charge < -0.3 is 19.5 Å². The summed E-state index contributed by atoms with van der Waals surface area (Å²) >= 11 is 0. The Morgan fingerprint density at radius 3 is 2.24 bits per heavy atom. The monoisotopic (exact) mass is 343 g/mol. The Balaban J connectivity index is 1.89. The molecule has 134 valence electrons. The molecule has 1 heterocycles. The van der Waals surface area contributed by atoms with Crippen LogP contribution < -0.4 is 19.5 Å². The molecule has 6 nitrogen and oxygen atoms in total. The fraction of sp³-hybridized carbons (Fsp3) is 0.474. The fourth-order valence-corrected chi connectivity index (χ4v) is 3.25. The lowest BCUT2D eigenvalue weighted by Gasteiger charge is -2.22. The van der Waals surface area contributed by atoms with E-state index in [1.807, 2.05) is 18.2 Å². The fourth-order valence-electron chi connectivity index (χ4n) is 3.25. The van der Waals surface area contributed by atoms with Crippen LogP contribution in [0.1, 0.15) is 32.1 Å². The average molecular weight is 343 g/mol. The van der Waals surface area contributed by atoms with Crippen LogP contribution in [0.4, 0.5) is 5.95 Å². The summed E-state index contributed by atoms with van der Waals surface area (Å²) in [4.78, 5) is 9.04. The molecule has 1 N–H and O–H groups in total. The van der Waals surface area contributed by atoms with E-state index in [2.05, 4.69) is 15.3 Å². The van der Waals surface area contributed by atoms with Gasteiger partial charge in [0.25, 0.3) is 0 Å². The second-order valence-corrected chi connectivity index (χ2v) is 6.16. The Hall–Kier alpha value is -2.50. The summed E-state index contributed by atoms with van der Waals surface area (Å²) in [6, 6.07) is 6.14. The van der Waals surface area contributed by atoms with Crippen LogP contribution in [-0.2, 0) is 0 Å². The lowest BCUT2D eigenvalue weighted by Crippen LogP contribution is -2.23. The highest BCUT2D eigenvalue weighted by Crippen LogP contribution is 2.40. The molecule has 1 aliphatic rings. The molecule has 0 aliphatic heterocycles. The largest absolute Gasteiger partial charge is 0.493 e. The van der Waals surface area contributed by atoms with Crippen molar-refractivity contribution in [1.82, 2.24) is 9.97 Å². The average Bonchev–Trinajstić information content (AvgIpc) is 2.67. The highest BCUT2D eigenvalue weighted by molar-refractivity contribution is 5.69. The molecule has 0 amide bonds. The maximum absolute atomic E-state index is 5.43. The second-order valence-electron chi connectivity index (χ2n) is 6.16. The van der Waals surface area contributed by atoms with Gasteiger partial charge >= 0.3 is 0 Å². The summed E-state index contributed by atoms with van der Waals surface area (Å²) < 4.78 is 16.2. The molecule has 0 atom stereocenters.